The molecule has 0 heterocycles. The summed E-state index contributed by atoms with van der Waals surface area (Å²) in [6.07, 6.45) is 1.70. The molecule has 96 valence electrons. The van der Waals surface area contributed by atoms with Gasteiger partial charge in [-0.2, -0.15) is 0 Å². The second kappa shape index (κ2) is 5.37. The van der Waals surface area contributed by atoms with E-state index in [4.69, 9.17) is 10.8 Å². The van der Waals surface area contributed by atoms with Crippen LogP contribution in [0.5, 0.6) is 0 Å². The summed E-state index contributed by atoms with van der Waals surface area (Å²) in [6.45, 7) is 1.96. The van der Waals surface area contributed by atoms with Crippen molar-refractivity contribution in [3.63, 3.8) is 0 Å². The van der Waals surface area contributed by atoms with Crippen LogP contribution in [-0.2, 0) is 9.84 Å². The Morgan fingerprint density at radius 1 is 1.47 bits per heavy atom. The van der Waals surface area contributed by atoms with Crippen molar-refractivity contribution in [2.75, 3.05) is 23.9 Å². The highest BCUT2D eigenvalue weighted by Crippen LogP contribution is 2.27. The van der Waals surface area contributed by atoms with Crippen LogP contribution < -0.4 is 11.1 Å². The standard InChI is InChI=1S/C11H18N2O3S/c1-8(6-7-14)13-9-4-3-5-10(11(9)12)17(2,15)16/h3-5,8,13-14H,6-7,12H2,1-2H3. The van der Waals surface area contributed by atoms with E-state index < -0.39 is 9.84 Å². The first kappa shape index (κ1) is 13.8. The van der Waals surface area contributed by atoms with E-state index in [0.717, 1.165) is 6.26 Å². The minimum Gasteiger partial charge on any atom is -0.396 e. The van der Waals surface area contributed by atoms with Gasteiger partial charge in [-0.15, -0.1) is 0 Å². The van der Waals surface area contributed by atoms with Crippen LogP contribution in [0.3, 0.4) is 0 Å². The SMILES string of the molecule is CC(CCO)Nc1cccc(S(C)(=O)=O)c1N. The van der Waals surface area contributed by atoms with Gasteiger partial charge >= 0.3 is 0 Å². The van der Waals surface area contributed by atoms with Crippen LogP contribution in [0.15, 0.2) is 23.1 Å². The molecular weight excluding hydrogens is 240 g/mol. The van der Waals surface area contributed by atoms with Crippen molar-refractivity contribution in [2.45, 2.75) is 24.3 Å². The van der Waals surface area contributed by atoms with Crippen molar-refractivity contribution in [1.29, 1.82) is 0 Å². The smallest absolute Gasteiger partial charge is 0.177 e. The average Bonchev–Trinajstić information content (AvgIpc) is 2.19. The molecule has 1 unspecified atom stereocenters. The highest BCUT2D eigenvalue weighted by molar-refractivity contribution is 7.90. The first-order chi connectivity index (χ1) is 7.86. The Morgan fingerprint density at radius 2 is 2.12 bits per heavy atom. The predicted octanol–water partition coefficient (Wildman–Crippen LogP) is 0.855. The van der Waals surface area contributed by atoms with Crippen LogP contribution in [-0.4, -0.2) is 32.4 Å². The number of nitrogen functional groups attached to an aromatic ring is 1. The number of aliphatic hydroxyl groups excluding tert-OH is 1. The number of sulfone groups is 1. The highest BCUT2D eigenvalue weighted by atomic mass is 32.2. The van der Waals surface area contributed by atoms with E-state index in [0.29, 0.717) is 12.1 Å². The molecule has 0 aliphatic rings. The average molecular weight is 258 g/mol. The van der Waals surface area contributed by atoms with Crippen molar-refractivity contribution in [2.24, 2.45) is 0 Å². The Labute approximate surface area is 102 Å². The number of benzene rings is 1. The molecule has 1 aromatic carbocycles. The molecule has 1 aromatic rings. The summed E-state index contributed by atoms with van der Waals surface area (Å²) in [7, 11) is -3.32. The first-order valence-electron chi connectivity index (χ1n) is 5.32. The Hall–Kier alpha value is -1.27. The summed E-state index contributed by atoms with van der Waals surface area (Å²) in [5.74, 6) is 0. The fourth-order valence-corrected chi connectivity index (χ4v) is 2.36. The van der Waals surface area contributed by atoms with Crippen LogP contribution in [0.1, 0.15) is 13.3 Å². The monoisotopic (exact) mass is 258 g/mol. The van der Waals surface area contributed by atoms with E-state index in [9.17, 15) is 8.42 Å². The molecular formula is C11H18N2O3S. The minimum atomic E-state index is -3.32. The van der Waals surface area contributed by atoms with Gasteiger partial charge in [-0.25, -0.2) is 8.42 Å². The van der Waals surface area contributed by atoms with E-state index in [1.54, 1.807) is 12.1 Å². The lowest BCUT2D eigenvalue weighted by molar-refractivity contribution is 0.282. The highest BCUT2D eigenvalue weighted by Gasteiger charge is 2.14. The number of aliphatic hydroxyl groups is 1. The molecule has 0 aliphatic carbocycles. The third-order valence-corrected chi connectivity index (χ3v) is 3.58. The second-order valence-electron chi connectivity index (χ2n) is 4.05. The predicted molar refractivity (Wildman–Crippen MR) is 68.8 cm³/mol. The van der Waals surface area contributed by atoms with E-state index in [2.05, 4.69) is 5.32 Å². The van der Waals surface area contributed by atoms with Crippen molar-refractivity contribution >= 4 is 21.2 Å². The molecule has 0 radical (unpaired) electrons. The molecule has 0 saturated heterocycles. The Balaban J connectivity index is 3.03. The van der Waals surface area contributed by atoms with E-state index in [-0.39, 0.29) is 23.2 Å². The van der Waals surface area contributed by atoms with Crippen LogP contribution in [0.25, 0.3) is 0 Å². The molecule has 17 heavy (non-hydrogen) atoms. The van der Waals surface area contributed by atoms with Gasteiger partial charge in [-0.1, -0.05) is 6.07 Å². The van der Waals surface area contributed by atoms with Crippen molar-refractivity contribution in [3.8, 4) is 0 Å². The van der Waals surface area contributed by atoms with Gasteiger partial charge in [-0.05, 0) is 25.5 Å². The summed E-state index contributed by atoms with van der Waals surface area (Å²) < 4.78 is 22.9. The Kier molecular flexibility index (Phi) is 4.36. The number of para-hydroxylation sites is 1. The molecule has 6 heteroatoms. The largest absolute Gasteiger partial charge is 0.396 e. The fourth-order valence-electron chi connectivity index (χ4n) is 1.52. The number of anilines is 2. The molecule has 0 aromatic heterocycles. The number of hydrogen-bond donors (Lipinski definition) is 3. The lowest BCUT2D eigenvalue weighted by Gasteiger charge is -2.17. The van der Waals surface area contributed by atoms with E-state index in [1.807, 2.05) is 6.92 Å². The second-order valence-corrected chi connectivity index (χ2v) is 6.03. The third-order valence-electron chi connectivity index (χ3n) is 2.43. The van der Waals surface area contributed by atoms with Gasteiger partial charge in [0.25, 0.3) is 0 Å². The summed E-state index contributed by atoms with van der Waals surface area (Å²) in [5.41, 5.74) is 6.61. The van der Waals surface area contributed by atoms with E-state index in [1.165, 1.54) is 6.07 Å². The lowest BCUT2D eigenvalue weighted by Crippen LogP contribution is -2.18. The normalized spacial score (nSPS) is 13.4. The third kappa shape index (κ3) is 3.61. The van der Waals surface area contributed by atoms with Crippen molar-refractivity contribution in [1.82, 2.24) is 0 Å². The van der Waals surface area contributed by atoms with Gasteiger partial charge in [0.15, 0.2) is 9.84 Å². The van der Waals surface area contributed by atoms with Crippen LogP contribution >= 0.6 is 0 Å². The number of rotatable bonds is 5. The molecule has 0 aliphatic heterocycles. The molecule has 5 nitrogen and oxygen atoms in total. The lowest BCUT2D eigenvalue weighted by atomic mass is 10.2. The summed E-state index contributed by atoms with van der Waals surface area (Å²) in [4.78, 5) is 0.124. The number of nitrogens with two attached hydrogens (primary N) is 1. The maximum Gasteiger partial charge on any atom is 0.177 e. The van der Waals surface area contributed by atoms with Crippen molar-refractivity contribution in [3.05, 3.63) is 18.2 Å². The van der Waals surface area contributed by atoms with Crippen molar-refractivity contribution < 1.29 is 13.5 Å². The Morgan fingerprint density at radius 3 is 2.65 bits per heavy atom. The topological polar surface area (TPSA) is 92.4 Å². The zero-order valence-electron chi connectivity index (χ0n) is 9.97. The maximum atomic E-state index is 11.5. The van der Waals surface area contributed by atoms with Crippen LogP contribution in [0.4, 0.5) is 11.4 Å². The van der Waals surface area contributed by atoms with Gasteiger partial charge in [0, 0.05) is 18.9 Å². The van der Waals surface area contributed by atoms with Gasteiger partial charge < -0.3 is 16.2 Å². The molecule has 4 N–H and O–H groups in total. The summed E-state index contributed by atoms with van der Waals surface area (Å²) in [5, 5.41) is 11.9. The first-order valence-corrected chi connectivity index (χ1v) is 7.21. The summed E-state index contributed by atoms with van der Waals surface area (Å²) in [6, 6.07) is 4.86. The summed E-state index contributed by atoms with van der Waals surface area (Å²) >= 11 is 0. The molecule has 0 fully saturated rings. The quantitative estimate of drug-likeness (QED) is 0.681. The zero-order chi connectivity index (χ0) is 13.1. The molecule has 0 amide bonds. The van der Waals surface area contributed by atoms with Gasteiger partial charge in [0.2, 0.25) is 0 Å². The van der Waals surface area contributed by atoms with Crippen LogP contribution in [0, 0.1) is 0 Å². The Bertz CT molecular complexity index is 485. The zero-order valence-corrected chi connectivity index (χ0v) is 10.8. The minimum absolute atomic E-state index is 0.0251. The van der Waals surface area contributed by atoms with Gasteiger partial charge in [0.1, 0.15) is 0 Å². The van der Waals surface area contributed by atoms with Crippen LogP contribution in [0.2, 0.25) is 0 Å². The molecule has 0 spiro atoms. The molecule has 0 saturated carbocycles. The van der Waals surface area contributed by atoms with Gasteiger partial charge in [0.05, 0.1) is 16.3 Å². The molecule has 1 atom stereocenters. The fraction of sp³-hybridized carbons (Fsp3) is 0.455. The molecule has 0 bridgehead atoms. The van der Waals surface area contributed by atoms with Gasteiger partial charge in [-0.3, -0.25) is 0 Å². The number of hydrogen-bond acceptors (Lipinski definition) is 5. The molecule has 1 rings (SSSR count). The maximum absolute atomic E-state index is 11.5. The number of nitrogens with one attached hydrogen (secondary N) is 1. The van der Waals surface area contributed by atoms with E-state index >= 15 is 0 Å².